The first-order valence-corrected chi connectivity index (χ1v) is 4.33. The maximum absolute atomic E-state index is 4.20. The minimum atomic E-state index is 0. The molecule has 0 radical (unpaired) electrons. The molecule has 0 aliphatic carbocycles. The monoisotopic (exact) mass is 271 g/mol. The summed E-state index contributed by atoms with van der Waals surface area (Å²) >= 11 is 0. The third-order valence-electron chi connectivity index (χ3n) is 2.08. The van der Waals surface area contributed by atoms with Crippen LogP contribution in [0.1, 0.15) is 6.42 Å². The third kappa shape index (κ3) is 5.42. The Labute approximate surface area is 109 Å². The number of rotatable bonds is 2. The van der Waals surface area contributed by atoms with Gasteiger partial charge in [0, 0.05) is 18.8 Å². The molecule has 3 nitrogen and oxygen atoms in total. The highest BCUT2D eigenvalue weighted by Crippen LogP contribution is 2.06. The quantitative estimate of drug-likeness (QED) is 0.866. The molecule has 0 amide bonds. The summed E-state index contributed by atoms with van der Waals surface area (Å²) in [5, 5.41) is 6.67. The number of aromatic nitrogens is 1. The number of halogens is 3. The van der Waals surface area contributed by atoms with Crippen molar-refractivity contribution in [3.8, 4) is 0 Å². The van der Waals surface area contributed by atoms with Gasteiger partial charge in [0.25, 0.3) is 0 Å². The van der Waals surface area contributed by atoms with Crippen LogP contribution in [0.25, 0.3) is 0 Å². The normalized spacial score (nSPS) is 18.0. The lowest BCUT2D eigenvalue weighted by Gasteiger charge is -2.10. The summed E-state index contributed by atoms with van der Waals surface area (Å²) in [5.74, 6) is 0.978. The van der Waals surface area contributed by atoms with E-state index < -0.39 is 0 Å². The minimum Gasteiger partial charge on any atom is -0.366 e. The highest BCUT2D eigenvalue weighted by atomic mass is 35.5. The molecule has 0 saturated carbocycles. The first kappa shape index (κ1) is 17.2. The lowest BCUT2D eigenvalue weighted by Crippen LogP contribution is -2.22. The fraction of sp³-hybridized carbons (Fsp3) is 0.444. The fourth-order valence-corrected chi connectivity index (χ4v) is 1.44. The van der Waals surface area contributed by atoms with Gasteiger partial charge in [-0.2, -0.15) is 0 Å². The van der Waals surface area contributed by atoms with Crippen LogP contribution < -0.4 is 10.6 Å². The predicted octanol–water partition coefficient (Wildman–Crippen LogP) is 2.12. The second kappa shape index (κ2) is 9.04. The van der Waals surface area contributed by atoms with E-state index in [4.69, 9.17) is 0 Å². The molecule has 1 aliphatic rings. The van der Waals surface area contributed by atoms with E-state index in [9.17, 15) is 0 Å². The summed E-state index contributed by atoms with van der Waals surface area (Å²) in [4.78, 5) is 4.20. The molecule has 1 saturated heterocycles. The summed E-state index contributed by atoms with van der Waals surface area (Å²) in [6.45, 7) is 2.17. The standard InChI is InChI=1S/C9H13N3.3ClH/c1-2-5-11-9(3-1)12-8-4-6-10-7-8;;;/h1-3,5,8,10H,4,6-7H2,(H,11,12);3*1H/t8-;;;/m0.../s1. The van der Waals surface area contributed by atoms with Crippen molar-refractivity contribution in [1.82, 2.24) is 10.3 Å². The Bertz CT molecular complexity index is 240. The molecular formula is C9H16Cl3N3. The molecule has 0 aromatic carbocycles. The maximum Gasteiger partial charge on any atom is 0.126 e. The summed E-state index contributed by atoms with van der Waals surface area (Å²) in [6.07, 6.45) is 3.00. The summed E-state index contributed by atoms with van der Waals surface area (Å²) in [7, 11) is 0. The Morgan fingerprint density at radius 3 is 2.60 bits per heavy atom. The van der Waals surface area contributed by atoms with Crippen LogP contribution in [0.5, 0.6) is 0 Å². The number of nitrogens with one attached hydrogen (secondary N) is 2. The number of hydrogen-bond acceptors (Lipinski definition) is 3. The second-order valence-corrected chi connectivity index (χ2v) is 3.05. The van der Waals surface area contributed by atoms with Crippen molar-refractivity contribution < 1.29 is 0 Å². The summed E-state index contributed by atoms with van der Waals surface area (Å²) in [6, 6.07) is 6.48. The minimum absolute atomic E-state index is 0. The molecule has 2 heterocycles. The van der Waals surface area contributed by atoms with E-state index in [1.165, 1.54) is 6.42 Å². The molecule has 0 unspecified atom stereocenters. The Morgan fingerprint density at radius 2 is 2.07 bits per heavy atom. The average molecular weight is 273 g/mol. The zero-order chi connectivity index (χ0) is 8.23. The van der Waals surface area contributed by atoms with Gasteiger partial charge in [0.2, 0.25) is 0 Å². The molecule has 0 bridgehead atoms. The van der Waals surface area contributed by atoms with Gasteiger partial charge in [0.05, 0.1) is 0 Å². The first-order valence-electron chi connectivity index (χ1n) is 4.33. The van der Waals surface area contributed by atoms with Crippen LogP contribution in [0.4, 0.5) is 5.82 Å². The molecule has 1 aromatic rings. The van der Waals surface area contributed by atoms with Gasteiger partial charge in [0.1, 0.15) is 5.82 Å². The van der Waals surface area contributed by atoms with Crippen LogP contribution in [0, 0.1) is 0 Å². The number of nitrogens with zero attached hydrogens (tertiary/aromatic N) is 1. The molecule has 1 aromatic heterocycles. The molecule has 6 heteroatoms. The van der Waals surface area contributed by atoms with Crippen molar-refractivity contribution in [2.24, 2.45) is 0 Å². The van der Waals surface area contributed by atoms with Gasteiger partial charge in [-0.1, -0.05) is 6.07 Å². The highest BCUT2D eigenvalue weighted by Gasteiger charge is 2.13. The second-order valence-electron chi connectivity index (χ2n) is 3.05. The molecular weight excluding hydrogens is 256 g/mol. The molecule has 0 spiro atoms. The van der Waals surface area contributed by atoms with Crippen molar-refractivity contribution in [2.75, 3.05) is 18.4 Å². The van der Waals surface area contributed by atoms with Gasteiger partial charge >= 0.3 is 0 Å². The van der Waals surface area contributed by atoms with E-state index in [1.807, 2.05) is 24.4 Å². The van der Waals surface area contributed by atoms with Crippen molar-refractivity contribution in [3.05, 3.63) is 24.4 Å². The number of hydrogen-bond donors (Lipinski definition) is 2. The molecule has 1 fully saturated rings. The SMILES string of the molecule is Cl.Cl.Cl.c1ccc(N[C@H]2CCNC2)nc1. The van der Waals surface area contributed by atoms with Gasteiger partial charge < -0.3 is 10.6 Å². The number of anilines is 1. The van der Waals surface area contributed by atoms with Crippen molar-refractivity contribution >= 4 is 43.0 Å². The van der Waals surface area contributed by atoms with Crippen molar-refractivity contribution in [3.63, 3.8) is 0 Å². The smallest absolute Gasteiger partial charge is 0.126 e. The fourth-order valence-electron chi connectivity index (χ4n) is 1.44. The van der Waals surface area contributed by atoms with E-state index in [1.54, 1.807) is 0 Å². The molecule has 2 rings (SSSR count). The molecule has 2 N–H and O–H groups in total. The van der Waals surface area contributed by atoms with Crippen molar-refractivity contribution in [2.45, 2.75) is 12.5 Å². The molecule has 1 aliphatic heterocycles. The van der Waals surface area contributed by atoms with E-state index >= 15 is 0 Å². The van der Waals surface area contributed by atoms with Crippen LogP contribution in [-0.4, -0.2) is 24.1 Å². The van der Waals surface area contributed by atoms with E-state index in [0.717, 1.165) is 18.9 Å². The third-order valence-corrected chi connectivity index (χ3v) is 2.08. The van der Waals surface area contributed by atoms with Gasteiger partial charge in [0.15, 0.2) is 0 Å². The average Bonchev–Trinajstić information content (AvgIpc) is 2.59. The lowest BCUT2D eigenvalue weighted by atomic mass is 10.2. The maximum atomic E-state index is 4.20. The topological polar surface area (TPSA) is 37.0 Å². The van der Waals surface area contributed by atoms with Gasteiger partial charge in [-0.05, 0) is 25.1 Å². The van der Waals surface area contributed by atoms with Gasteiger partial charge in [-0.3, -0.25) is 0 Å². The zero-order valence-electron chi connectivity index (χ0n) is 8.18. The molecule has 88 valence electrons. The molecule has 1 atom stereocenters. The largest absolute Gasteiger partial charge is 0.366 e. The van der Waals surface area contributed by atoms with Crippen LogP contribution in [0.15, 0.2) is 24.4 Å². The Kier molecular flexibility index (Phi) is 10.4. The van der Waals surface area contributed by atoms with E-state index in [-0.39, 0.29) is 37.2 Å². The molecule has 15 heavy (non-hydrogen) atoms. The zero-order valence-corrected chi connectivity index (χ0v) is 10.6. The van der Waals surface area contributed by atoms with Crippen LogP contribution >= 0.6 is 37.2 Å². The Morgan fingerprint density at radius 1 is 1.27 bits per heavy atom. The van der Waals surface area contributed by atoms with Crippen LogP contribution in [0.3, 0.4) is 0 Å². The summed E-state index contributed by atoms with van der Waals surface area (Å²) < 4.78 is 0. The number of pyridine rings is 1. The van der Waals surface area contributed by atoms with Crippen molar-refractivity contribution in [1.29, 1.82) is 0 Å². The van der Waals surface area contributed by atoms with Gasteiger partial charge in [-0.25, -0.2) is 4.98 Å². The first-order chi connectivity index (χ1) is 5.95. The van der Waals surface area contributed by atoms with E-state index in [0.29, 0.717) is 6.04 Å². The van der Waals surface area contributed by atoms with E-state index in [2.05, 4.69) is 15.6 Å². The van der Waals surface area contributed by atoms with Crippen LogP contribution in [0.2, 0.25) is 0 Å². The summed E-state index contributed by atoms with van der Waals surface area (Å²) in [5.41, 5.74) is 0. The lowest BCUT2D eigenvalue weighted by molar-refractivity contribution is 0.788. The van der Waals surface area contributed by atoms with Gasteiger partial charge in [-0.15, -0.1) is 37.2 Å². The predicted molar refractivity (Wildman–Crippen MR) is 70.9 cm³/mol. The highest BCUT2D eigenvalue weighted by molar-refractivity contribution is 5.86. The Hall–Kier alpha value is -0.220. The Balaban J connectivity index is 0. The van der Waals surface area contributed by atoms with Crippen LogP contribution in [-0.2, 0) is 0 Å².